The Morgan fingerprint density at radius 1 is 1.43 bits per heavy atom. The van der Waals surface area contributed by atoms with E-state index < -0.39 is 0 Å². The van der Waals surface area contributed by atoms with Crippen LogP contribution in [0.1, 0.15) is 30.2 Å². The van der Waals surface area contributed by atoms with Crippen molar-refractivity contribution in [1.29, 1.82) is 0 Å². The van der Waals surface area contributed by atoms with Crippen LogP contribution in [0.2, 0.25) is 0 Å². The van der Waals surface area contributed by atoms with Gasteiger partial charge in [0, 0.05) is 24.8 Å². The molecule has 1 aromatic rings. The molecule has 3 heteroatoms. The highest BCUT2D eigenvalue weighted by molar-refractivity contribution is 5.20. The molecule has 2 rings (SSSR count). The first-order valence-electron chi connectivity index (χ1n) is 5.16. The van der Waals surface area contributed by atoms with E-state index in [2.05, 4.69) is 0 Å². The number of hydrogen-bond donors (Lipinski definition) is 1. The normalized spacial score (nSPS) is 21.0. The Hall–Kier alpha value is -0.800. The molecule has 0 aliphatic carbocycles. The van der Waals surface area contributed by atoms with Gasteiger partial charge in [0.1, 0.15) is 5.76 Å². The van der Waals surface area contributed by atoms with E-state index >= 15 is 0 Å². The third kappa shape index (κ3) is 1.83. The van der Waals surface area contributed by atoms with Crippen LogP contribution >= 0.6 is 0 Å². The van der Waals surface area contributed by atoms with E-state index in [1.54, 1.807) is 6.26 Å². The van der Waals surface area contributed by atoms with E-state index in [4.69, 9.17) is 14.9 Å². The standard InChI is InChI=1S/C11H17NO2/c1-8-10(4-7-14-8)11(12)9-2-5-13-6-3-9/h4,7,9,11H,2-3,5-6,12H2,1H3. The van der Waals surface area contributed by atoms with Gasteiger partial charge in [0.15, 0.2) is 0 Å². The van der Waals surface area contributed by atoms with Crippen molar-refractivity contribution in [3.05, 3.63) is 23.7 Å². The van der Waals surface area contributed by atoms with Crippen molar-refractivity contribution in [1.82, 2.24) is 0 Å². The smallest absolute Gasteiger partial charge is 0.105 e. The molecule has 2 heterocycles. The number of ether oxygens (including phenoxy) is 1. The van der Waals surface area contributed by atoms with Gasteiger partial charge in [-0.15, -0.1) is 0 Å². The SMILES string of the molecule is Cc1occc1C(N)C1CCOCC1. The van der Waals surface area contributed by atoms with Crippen LogP contribution in [0.5, 0.6) is 0 Å². The number of furan rings is 1. The zero-order chi connectivity index (χ0) is 9.97. The molecule has 0 amide bonds. The Balaban J connectivity index is 2.07. The van der Waals surface area contributed by atoms with E-state index in [-0.39, 0.29) is 6.04 Å². The number of hydrogen-bond acceptors (Lipinski definition) is 3. The van der Waals surface area contributed by atoms with Gasteiger partial charge < -0.3 is 14.9 Å². The van der Waals surface area contributed by atoms with Crippen molar-refractivity contribution in [2.45, 2.75) is 25.8 Å². The summed E-state index contributed by atoms with van der Waals surface area (Å²) < 4.78 is 10.6. The Kier molecular flexibility index (Phi) is 2.89. The molecule has 78 valence electrons. The van der Waals surface area contributed by atoms with Crippen molar-refractivity contribution < 1.29 is 9.15 Å². The summed E-state index contributed by atoms with van der Waals surface area (Å²) in [5.74, 6) is 1.49. The van der Waals surface area contributed by atoms with Crippen molar-refractivity contribution in [3.63, 3.8) is 0 Å². The summed E-state index contributed by atoms with van der Waals surface area (Å²) in [6.45, 7) is 3.65. The second-order valence-electron chi connectivity index (χ2n) is 3.91. The van der Waals surface area contributed by atoms with Gasteiger partial charge in [-0.25, -0.2) is 0 Å². The molecule has 1 aliphatic rings. The summed E-state index contributed by atoms with van der Waals surface area (Å²) >= 11 is 0. The van der Waals surface area contributed by atoms with Crippen LogP contribution in [-0.4, -0.2) is 13.2 Å². The fraction of sp³-hybridized carbons (Fsp3) is 0.636. The summed E-state index contributed by atoms with van der Waals surface area (Å²) in [5.41, 5.74) is 7.35. The number of rotatable bonds is 2. The molecule has 1 unspecified atom stereocenters. The van der Waals surface area contributed by atoms with E-state index in [1.807, 2.05) is 13.0 Å². The average molecular weight is 195 g/mol. The molecular weight excluding hydrogens is 178 g/mol. The lowest BCUT2D eigenvalue weighted by molar-refractivity contribution is 0.0582. The number of aryl methyl sites for hydroxylation is 1. The summed E-state index contributed by atoms with van der Waals surface area (Å²) in [4.78, 5) is 0. The Labute approximate surface area is 84.2 Å². The fourth-order valence-electron chi connectivity index (χ4n) is 2.07. The van der Waals surface area contributed by atoms with Gasteiger partial charge in [-0.2, -0.15) is 0 Å². The van der Waals surface area contributed by atoms with Crippen LogP contribution in [0.15, 0.2) is 16.7 Å². The lowest BCUT2D eigenvalue weighted by Gasteiger charge is -2.27. The molecule has 0 radical (unpaired) electrons. The summed E-state index contributed by atoms with van der Waals surface area (Å²) in [7, 11) is 0. The highest BCUT2D eigenvalue weighted by atomic mass is 16.5. The zero-order valence-corrected chi connectivity index (χ0v) is 8.53. The molecule has 1 aliphatic heterocycles. The topological polar surface area (TPSA) is 48.4 Å². The zero-order valence-electron chi connectivity index (χ0n) is 8.53. The lowest BCUT2D eigenvalue weighted by Crippen LogP contribution is -2.27. The third-order valence-electron chi connectivity index (χ3n) is 3.03. The molecule has 1 atom stereocenters. The molecule has 0 spiro atoms. The van der Waals surface area contributed by atoms with E-state index in [1.165, 1.54) is 0 Å². The Morgan fingerprint density at radius 2 is 2.14 bits per heavy atom. The van der Waals surface area contributed by atoms with Crippen molar-refractivity contribution >= 4 is 0 Å². The van der Waals surface area contributed by atoms with Gasteiger partial charge in [0.05, 0.1) is 6.26 Å². The van der Waals surface area contributed by atoms with Crippen molar-refractivity contribution in [2.75, 3.05) is 13.2 Å². The molecule has 3 nitrogen and oxygen atoms in total. The maximum Gasteiger partial charge on any atom is 0.105 e. The minimum absolute atomic E-state index is 0.109. The first kappa shape index (κ1) is 9.74. The quantitative estimate of drug-likeness (QED) is 0.785. The molecule has 1 saturated heterocycles. The van der Waals surface area contributed by atoms with Gasteiger partial charge in [-0.1, -0.05) is 0 Å². The minimum atomic E-state index is 0.109. The van der Waals surface area contributed by atoms with Crippen LogP contribution in [0.25, 0.3) is 0 Å². The van der Waals surface area contributed by atoms with Gasteiger partial charge in [0.25, 0.3) is 0 Å². The van der Waals surface area contributed by atoms with E-state index in [9.17, 15) is 0 Å². The molecule has 14 heavy (non-hydrogen) atoms. The van der Waals surface area contributed by atoms with Gasteiger partial charge in [-0.05, 0) is 31.7 Å². The van der Waals surface area contributed by atoms with Gasteiger partial charge in [0.2, 0.25) is 0 Å². The van der Waals surface area contributed by atoms with E-state index in [0.717, 1.165) is 37.4 Å². The fourth-order valence-corrected chi connectivity index (χ4v) is 2.07. The predicted molar refractivity (Wildman–Crippen MR) is 53.9 cm³/mol. The van der Waals surface area contributed by atoms with E-state index in [0.29, 0.717) is 5.92 Å². The second-order valence-corrected chi connectivity index (χ2v) is 3.91. The van der Waals surface area contributed by atoms with Gasteiger partial charge >= 0.3 is 0 Å². The summed E-state index contributed by atoms with van der Waals surface area (Å²) in [6, 6.07) is 2.09. The maximum atomic E-state index is 6.20. The Morgan fingerprint density at radius 3 is 2.71 bits per heavy atom. The second kappa shape index (κ2) is 4.15. The van der Waals surface area contributed by atoms with Crippen LogP contribution in [0.4, 0.5) is 0 Å². The highest BCUT2D eigenvalue weighted by Crippen LogP contribution is 2.29. The third-order valence-corrected chi connectivity index (χ3v) is 3.03. The average Bonchev–Trinajstić information content (AvgIpc) is 2.65. The van der Waals surface area contributed by atoms with Crippen LogP contribution in [-0.2, 0) is 4.74 Å². The first-order chi connectivity index (χ1) is 6.79. The monoisotopic (exact) mass is 195 g/mol. The highest BCUT2D eigenvalue weighted by Gasteiger charge is 2.24. The Bertz CT molecular complexity index is 289. The van der Waals surface area contributed by atoms with Crippen LogP contribution in [0, 0.1) is 12.8 Å². The number of nitrogens with two attached hydrogens (primary N) is 1. The van der Waals surface area contributed by atoms with Crippen LogP contribution in [0.3, 0.4) is 0 Å². The predicted octanol–water partition coefficient (Wildman–Crippen LogP) is 2.01. The molecular formula is C11H17NO2. The maximum absolute atomic E-state index is 6.20. The van der Waals surface area contributed by atoms with Crippen molar-refractivity contribution in [3.8, 4) is 0 Å². The molecule has 1 fully saturated rings. The lowest BCUT2D eigenvalue weighted by atomic mass is 9.88. The molecule has 0 saturated carbocycles. The minimum Gasteiger partial charge on any atom is -0.469 e. The van der Waals surface area contributed by atoms with Gasteiger partial charge in [-0.3, -0.25) is 0 Å². The largest absolute Gasteiger partial charge is 0.469 e. The molecule has 0 bridgehead atoms. The van der Waals surface area contributed by atoms with Crippen molar-refractivity contribution in [2.24, 2.45) is 11.7 Å². The summed E-state index contributed by atoms with van der Waals surface area (Å²) in [6.07, 6.45) is 3.83. The molecule has 1 aromatic heterocycles. The summed E-state index contributed by atoms with van der Waals surface area (Å²) in [5, 5.41) is 0. The molecule has 2 N–H and O–H groups in total. The molecule has 0 aromatic carbocycles. The van der Waals surface area contributed by atoms with Crippen LogP contribution < -0.4 is 5.73 Å². The first-order valence-corrected chi connectivity index (χ1v) is 5.16.